The van der Waals surface area contributed by atoms with Crippen molar-refractivity contribution in [2.24, 2.45) is 5.92 Å². The summed E-state index contributed by atoms with van der Waals surface area (Å²) in [5.41, 5.74) is 0. The van der Waals surface area contributed by atoms with Crippen LogP contribution >= 0.6 is 0 Å². The Hall–Kier alpha value is -0.216. The van der Waals surface area contributed by atoms with E-state index in [9.17, 15) is 4.79 Å². The summed E-state index contributed by atoms with van der Waals surface area (Å²) in [6.45, 7) is 25.0. The van der Waals surface area contributed by atoms with E-state index >= 15 is 0 Å². The number of rotatable bonds is 7. The normalized spacial score (nSPS) is 24.9. The summed E-state index contributed by atoms with van der Waals surface area (Å²) in [4.78, 5) is 11.4. The molecule has 0 aromatic heterocycles. The minimum Gasteiger partial charge on any atom is -0.436 e. The third-order valence-corrected chi connectivity index (χ3v) is 15.5. The van der Waals surface area contributed by atoms with E-state index in [1.54, 1.807) is 0 Å². The molecule has 27 heavy (non-hydrogen) atoms. The fourth-order valence-electron chi connectivity index (χ4n) is 2.41. The van der Waals surface area contributed by atoms with Gasteiger partial charge in [-0.3, -0.25) is 4.79 Å². The van der Waals surface area contributed by atoms with Gasteiger partial charge in [0, 0.05) is 25.9 Å². The van der Waals surface area contributed by atoms with Crippen molar-refractivity contribution in [2.45, 2.75) is 104 Å². The average Bonchev–Trinajstić information content (AvgIpc) is 2.82. The van der Waals surface area contributed by atoms with Gasteiger partial charge in [-0.1, -0.05) is 41.5 Å². The maximum atomic E-state index is 11.4. The number of hydrogen-bond donors (Lipinski definition) is 0. The molecule has 3 atom stereocenters. The SMILES string of the molecule is CC(=O)OC1C[C@H](CO[Si](C)(C)C(C)(C)C)[C@@H](CO[Si](C)(C)C(C)(C)C)O1. The lowest BCUT2D eigenvalue weighted by molar-refractivity contribution is -0.174. The predicted octanol–water partition coefficient (Wildman–Crippen LogP) is 5.32. The molecule has 0 bridgehead atoms. The van der Waals surface area contributed by atoms with Gasteiger partial charge in [-0.05, 0) is 36.3 Å². The van der Waals surface area contributed by atoms with Crippen molar-refractivity contribution < 1.29 is 23.1 Å². The monoisotopic (exact) mass is 418 g/mol. The van der Waals surface area contributed by atoms with Crippen molar-refractivity contribution in [2.75, 3.05) is 13.2 Å². The standard InChI is InChI=1S/C20H42O5Si2/c1-15(21)24-18-12-16(13-22-26(8,9)19(2,3)4)17(25-18)14-23-27(10,11)20(5,6)7/h16-18H,12-14H2,1-11H3/t16-,17-,18?/m1/s1. The number of carbonyl (C=O) groups is 1. The Morgan fingerprint density at radius 3 is 1.78 bits per heavy atom. The molecule has 1 rings (SSSR count). The Kier molecular flexibility index (Phi) is 7.95. The van der Waals surface area contributed by atoms with Crippen LogP contribution in [0, 0.1) is 5.92 Å². The predicted molar refractivity (Wildman–Crippen MR) is 115 cm³/mol. The van der Waals surface area contributed by atoms with Gasteiger partial charge in [0.2, 0.25) is 6.29 Å². The van der Waals surface area contributed by atoms with Crippen LogP contribution in [0.3, 0.4) is 0 Å². The van der Waals surface area contributed by atoms with E-state index in [4.69, 9.17) is 18.3 Å². The molecule has 1 aliphatic heterocycles. The Morgan fingerprint density at radius 2 is 1.37 bits per heavy atom. The number of ether oxygens (including phenoxy) is 2. The topological polar surface area (TPSA) is 54.0 Å². The lowest BCUT2D eigenvalue weighted by Gasteiger charge is -2.38. The summed E-state index contributed by atoms with van der Waals surface area (Å²) >= 11 is 0. The first-order chi connectivity index (χ1) is 12.0. The van der Waals surface area contributed by atoms with Crippen molar-refractivity contribution in [1.82, 2.24) is 0 Å². The molecule has 7 heteroatoms. The molecule has 1 saturated heterocycles. The van der Waals surface area contributed by atoms with Gasteiger partial charge in [-0.2, -0.15) is 0 Å². The van der Waals surface area contributed by atoms with Crippen LogP contribution in [-0.2, 0) is 23.1 Å². The highest BCUT2D eigenvalue weighted by atomic mass is 28.4. The maximum absolute atomic E-state index is 11.4. The minimum absolute atomic E-state index is 0.103. The van der Waals surface area contributed by atoms with Gasteiger partial charge in [0.05, 0.1) is 12.7 Å². The van der Waals surface area contributed by atoms with Crippen molar-refractivity contribution >= 4 is 22.6 Å². The van der Waals surface area contributed by atoms with Gasteiger partial charge in [0.25, 0.3) is 0 Å². The van der Waals surface area contributed by atoms with Gasteiger partial charge < -0.3 is 18.3 Å². The molecule has 160 valence electrons. The molecule has 0 radical (unpaired) electrons. The van der Waals surface area contributed by atoms with Crippen LogP contribution < -0.4 is 0 Å². The van der Waals surface area contributed by atoms with Gasteiger partial charge in [0.15, 0.2) is 16.6 Å². The fraction of sp³-hybridized carbons (Fsp3) is 0.950. The Labute approximate surface area is 168 Å². The summed E-state index contributed by atoms with van der Waals surface area (Å²) < 4.78 is 24.2. The van der Waals surface area contributed by atoms with Crippen LogP contribution in [0.25, 0.3) is 0 Å². The quantitative estimate of drug-likeness (QED) is 0.413. The zero-order valence-corrected chi connectivity index (χ0v) is 21.4. The summed E-state index contributed by atoms with van der Waals surface area (Å²) in [6.07, 6.45) is 0.0662. The molecular formula is C20H42O5Si2. The first kappa shape index (κ1) is 24.8. The Balaban J connectivity index is 2.80. The minimum atomic E-state index is -1.87. The highest BCUT2D eigenvalue weighted by molar-refractivity contribution is 6.74. The highest BCUT2D eigenvalue weighted by Crippen LogP contribution is 2.40. The second kappa shape index (κ2) is 8.65. The molecule has 0 N–H and O–H groups in total. The molecule has 0 aromatic rings. The van der Waals surface area contributed by atoms with Gasteiger partial charge >= 0.3 is 5.97 Å². The van der Waals surface area contributed by atoms with Crippen molar-refractivity contribution in [1.29, 1.82) is 0 Å². The molecule has 0 aliphatic carbocycles. The zero-order chi connectivity index (χ0) is 21.3. The number of esters is 1. The van der Waals surface area contributed by atoms with Crippen molar-refractivity contribution in [3.63, 3.8) is 0 Å². The van der Waals surface area contributed by atoms with E-state index in [1.165, 1.54) is 6.92 Å². The first-order valence-electron chi connectivity index (χ1n) is 10.1. The summed E-state index contributed by atoms with van der Waals surface area (Å²) in [5, 5.41) is 0.308. The van der Waals surface area contributed by atoms with Crippen LogP contribution in [0.1, 0.15) is 54.9 Å². The van der Waals surface area contributed by atoms with E-state index in [1.807, 2.05) is 0 Å². The lowest BCUT2D eigenvalue weighted by Crippen LogP contribution is -2.45. The van der Waals surface area contributed by atoms with Crippen LogP contribution in [0.15, 0.2) is 0 Å². The second-order valence-electron chi connectivity index (χ2n) is 10.9. The second-order valence-corrected chi connectivity index (χ2v) is 20.5. The molecule has 1 unspecified atom stereocenters. The molecule has 0 saturated carbocycles. The van der Waals surface area contributed by atoms with Crippen LogP contribution in [0.4, 0.5) is 0 Å². The van der Waals surface area contributed by atoms with E-state index in [0.717, 1.165) is 0 Å². The Bertz CT molecular complexity index is 467. The van der Waals surface area contributed by atoms with Crippen LogP contribution in [-0.4, -0.2) is 48.2 Å². The molecule has 5 nitrogen and oxygen atoms in total. The van der Waals surface area contributed by atoms with E-state index in [0.29, 0.717) is 19.6 Å². The molecule has 1 fully saturated rings. The van der Waals surface area contributed by atoms with Crippen molar-refractivity contribution in [3.05, 3.63) is 0 Å². The van der Waals surface area contributed by atoms with E-state index in [2.05, 4.69) is 67.7 Å². The molecule has 0 spiro atoms. The average molecular weight is 419 g/mol. The van der Waals surface area contributed by atoms with Gasteiger partial charge in [0.1, 0.15) is 0 Å². The smallest absolute Gasteiger partial charge is 0.304 e. The van der Waals surface area contributed by atoms with E-state index < -0.39 is 22.9 Å². The summed E-state index contributed by atoms with van der Waals surface area (Å²) in [5.74, 6) is -0.136. The lowest BCUT2D eigenvalue weighted by atomic mass is 10.0. The third-order valence-electron chi connectivity index (χ3n) is 6.52. The first-order valence-corrected chi connectivity index (χ1v) is 15.9. The van der Waals surface area contributed by atoms with Gasteiger partial charge in [-0.15, -0.1) is 0 Å². The largest absolute Gasteiger partial charge is 0.436 e. The molecule has 1 aliphatic rings. The highest BCUT2D eigenvalue weighted by Gasteiger charge is 2.44. The van der Waals surface area contributed by atoms with Crippen LogP contribution in [0.2, 0.25) is 36.3 Å². The van der Waals surface area contributed by atoms with Crippen molar-refractivity contribution in [3.8, 4) is 0 Å². The summed E-state index contributed by atoms with van der Waals surface area (Å²) in [7, 11) is -3.71. The zero-order valence-electron chi connectivity index (χ0n) is 19.4. The maximum Gasteiger partial charge on any atom is 0.304 e. The molecule has 0 aromatic carbocycles. The summed E-state index contributed by atoms with van der Waals surface area (Å²) in [6, 6.07) is 0. The number of hydrogen-bond acceptors (Lipinski definition) is 5. The van der Waals surface area contributed by atoms with Crippen LogP contribution in [0.5, 0.6) is 0 Å². The van der Waals surface area contributed by atoms with Gasteiger partial charge in [-0.25, -0.2) is 0 Å². The third kappa shape index (κ3) is 6.96. The number of carbonyl (C=O) groups excluding carboxylic acids is 1. The molecule has 0 amide bonds. The Morgan fingerprint density at radius 1 is 0.926 bits per heavy atom. The molecule has 1 heterocycles. The molecular weight excluding hydrogens is 376 g/mol. The van der Waals surface area contributed by atoms with E-state index in [-0.39, 0.29) is 28.1 Å². The fourth-order valence-corrected chi connectivity index (χ4v) is 4.49.